The third-order valence-electron chi connectivity index (χ3n) is 3.36. The van der Waals surface area contributed by atoms with Gasteiger partial charge in [0, 0.05) is 17.0 Å². The monoisotopic (exact) mass is 280 g/mol. The first-order valence-electron chi connectivity index (χ1n) is 6.76. The largest absolute Gasteiger partial charge is 0.287 e. The van der Waals surface area contributed by atoms with Crippen molar-refractivity contribution in [1.29, 1.82) is 0 Å². The number of benzene rings is 1. The van der Waals surface area contributed by atoms with Gasteiger partial charge in [0.05, 0.1) is 5.69 Å². The highest BCUT2D eigenvalue weighted by atomic mass is 16.1. The van der Waals surface area contributed by atoms with Gasteiger partial charge in [0.15, 0.2) is 0 Å². The van der Waals surface area contributed by atoms with Crippen LogP contribution in [0, 0.1) is 20.8 Å². The zero-order chi connectivity index (χ0) is 15.0. The fourth-order valence-electron chi connectivity index (χ4n) is 2.36. The minimum Gasteiger partial charge on any atom is -0.287 e. The van der Waals surface area contributed by atoms with Crippen molar-refractivity contribution < 1.29 is 0 Å². The van der Waals surface area contributed by atoms with E-state index in [1.54, 1.807) is 6.92 Å². The van der Waals surface area contributed by atoms with Crippen molar-refractivity contribution in [2.75, 3.05) is 0 Å². The molecule has 0 fully saturated rings. The molecule has 0 aliphatic heterocycles. The Labute approximate surface area is 122 Å². The summed E-state index contributed by atoms with van der Waals surface area (Å²) in [4.78, 5) is 21.1. The van der Waals surface area contributed by atoms with Crippen LogP contribution in [-0.4, -0.2) is 19.7 Å². The smallest absolute Gasteiger partial charge is 0.277 e. The van der Waals surface area contributed by atoms with E-state index in [1.165, 1.54) is 4.68 Å². The number of nitrogens with zero attached hydrogens (tertiary/aromatic N) is 3. The minimum absolute atomic E-state index is 0.126. The van der Waals surface area contributed by atoms with Crippen LogP contribution in [0.2, 0.25) is 0 Å². The van der Waals surface area contributed by atoms with Crippen molar-refractivity contribution in [2.24, 2.45) is 0 Å². The normalized spacial score (nSPS) is 10.8. The Morgan fingerprint density at radius 2 is 1.62 bits per heavy atom. The van der Waals surface area contributed by atoms with Crippen molar-refractivity contribution in [3.05, 3.63) is 63.7 Å². The molecule has 0 atom stereocenters. The second-order valence-electron chi connectivity index (χ2n) is 5.07. The first-order valence-corrected chi connectivity index (χ1v) is 6.76. The molecule has 2 heterocycles. The predicted molar refractivity (Wildman–Crippen MR) is 81.6 cm³/mol. The highest BCUT2D eigenvalue weighted by molar-refractivity contribution is 5.62. The van der Waals surface area contributed by atoms with Crippen LogP contribution in [0.4, 0.5) is 0 Å². The summed E-state index contributed by atoms with van der Waals surface area (Å²) in [7, 11) is 0. The van der Waals surface area contributed by atoms with Gasteiger partial charge in [0.2, 0.25) is 0 Å². The van der Waals surface area contributed by atoms with E-state index >= 15 is 0 Å². The van der Waals surface area contributed by atoms with Crippen molar-refractivity contribution in [2.45, 2.75) is 20.8 Å². The molecule has 5 nitrogen and oxygen atoms in total. The number of aromatic nitrogens is 4. The van der Waals surface area contributed by atoms with E-state index in [0.29, 0.717) is 11.5 Å². The van der Waals surface area contributed by atoms with Crippen molar-refractivity contribution in [3.63, 3.8) is 0 Å². The zero-order valence-electron chi connectivity index (χ0n) is 12.2. The molecule has 0 amide bonds. The molecule has 0 spiro atoms. The molecular formula is C16H16N4O. The predicted octanol–water partition coefficient (Wildman–Crippen LogP) is 2.55. The lowest BCUT2D eigenvalue weighted by Gasteiger charge is -2.03. The van der Waals surface area contributed by atoms with Gasteiger partial charge in [0.25, 0.3) is 11.5 Å². The Hall–Kier alpha value is -2.69. The van der Waals surface area contributed by atoms with Gasteiger partial charge in [-0.1, -0.05) is 30.3 Å². The van der Waals surface area contributed by atoms with Crippen molar-refractivity contribution in [3.8, 4) is 17.2 Å². The quantitative estimate of drug-likeness (QED) is 0.784. The molecule has 3 rings (SSSR count). The number of hydrogen-bond acceptors (Lipinski definition) is 3. The highest BCUT2D eigenvalue weighted by Crippen LogP contribution is 2.19. The van der Waals surface area contributed by atoms with Gasteiger partial charge in [-0.15, -0.1) is 0 Å². The lowest BCUT2D eigenvalue weighted by atomic mass is 10.1. The summed E-state index contributed by atoms with van der Waals surface area (Å²) in [6, 6.07) is 11.6. The Morgan fingerprint density at radius 1 is 1.00 bits per heavy atom. The van der Waals surface area contributed by atoms with Crippen LogP contribution in [0.3, 0.4) is 0 Å². The maximum atomic E-state index is 12.4. The van der Waals surface area contributed by atoms with Gasteiger partial charge >= 0.3 is 0 Å². The molecule has 2 aromatic heterocycles. The zero-order valence-corrected chi connectivity index (χ0v) is 12.2. The van der Waals surface area contributed by atoms with Gasteiger partial charge in [0.1, 0.15) is 0 Å². The molecule has 21 heavy (non-hydrogen) atoms. The molecule has 3 aromatic rings. The van der Waals surface area contributed by atoms with Crippen LogP contribution in [0.15, 0.2) is 41.2 Å². The average molecular weight is 280 g/mol. The Balaban J connectivity index is 2.20. The van der Waals surface area contributed by atoms with Gasteiger partial charge < -0.3 is 0 Å². The van der Waals surface area contributed by atoms with Crippen LogP contribution < -0.4 is 5.56 Å². The molecule has 0 radical (unpaired) electrons. The number of aromatic amines is 1. The SMILES string of the molecule is Cc1cc(C)nc(-n2[nH]c(-c3ccccc3)c(C)c2=O)n1. The third kappa shape index (κ3) is 2.38. The molecule has 0 saturated heterocycles. The molecule has 1 N–H and O–H groups in total. The number of aryl methyl sites for hydroxylation is 2. The van der Waals surface area contributed by atoms with E-state index in [-0.39, 0.29) is 5.56 Å². The van der Waals surface area contributed by atoms with Crippen LogP contribution in [0.5, 0.6) is 0 Å². The topological polar surface area (TPSA) is 63.6 Å². The first-order chi connectivity index (χ1) is 10.1. The maximum absolute atomic E-state index is 12.4. The van der Waals surface area contributed by atoms with E-state index < -0.39 is 0 Å². The molecule has 5 heteroatoms. The second kappa shape index (κ2) is 5.01. The molecule has 106 valence electrons. The lowest BCUT2D eigenvalue weighted by Crippen LogP contribution is -2.19. The van der Waals surface area contributed by atoms with Gasteiger partial charge in [-0.3, -0.25) is 9.89 Å². The summed E-state index contributed by atoms with van der Waals surface area (Å²) < 4.78 is 1.40. The van der Waals surface area contributed by atoms with E-state index in [0.717, 1.165) is 22.6 Å². The van der Waals surface area contributed by atoms with Crippen molar-refractivity contribution >= 4 is 0 Å². The summed E-state index contributed by atoms with van der Waals surface area (Å²) in [5.74, 6) is 0.378. The van der Waals surface area contributed by atoms with Crippen LogP contribution in [0.25, 0.3) is 17.2 Å². The van der Waals surface area contributed by atoms with Crippen LogP contribution in [-0.2, 0) is 0 Å². The maximum Gasteiger partial charge on any atom is 0.277 e. The molecule has 0 unspecified atom stereocenters. The molecule has 0 saturated carbocycles. The number of hydrogen-bond donors (Lipinski definition) is 1. The molecule has 0 aliphatic rings. The average Bonchev–Trinajstić information content (AvgIpc) is 2.75. The lowest BCUT2D eigenvalue weighted by molar-refractivity contribution is 0.772. The number of nitrogens with one attached hydrogen (secondary N) is 1. The standard InChI is InChI=1S/C16H16N4O/c1-10-9-11(2)18-16(17-10)20-15(21)12(3)14(19-20)13-7-5-4-6-8-13/h4-9,19H,1-3H3. The summed E-state index contributed by atoms with van der Waals surface area (Å²) >= 11 is 0. The Kier molecular flexibility index (Phi) is 3.17. The Morgan fingerprint density at radius 3 is 2.24 bits per heavy atom. The van der Waals surface area contributed by atoms with E-state index in [1.807, 2.05) is 50.2 Å². The van der Waals surface area contributed by atoms with Crippen LogP contribution >= 0.6 is 0 Å². The summed E-state index contributed by atoms with van der Waals surface area (Å²) in [5, 5.41) is 3.12. The third-order valence-corrected chi connectivity index (χ3v) is 3.36. The van der Waals surface area contributed by atoms with Crippen molar-refractivity contribution in [1.82, 2.24) is 19.7 Å². The Bertz CT molecular complexity index is 826. The molecular weight excluding hydrogens is 264 g/mol. The van der Waals surface area contributed by atoms with E-state index in [2.05, 4.69) is 15.1 Å². The number of H-pyrrole nitrogens is 1. The minimum atomic E-state index is -0.126. The summed E-state index contributed by atoms with van der Waals surface area (Å²) in [6.07, 6.45) is 0. The summed E-state index contributed by atoms with van der Waals surface area (Å²) in [5.41, 5.74) is 3.96. The fourth-order valence-corrected chi connectivity index (χ4v) is 2.36. The highest BCUT2D eigenvalue weighted by Gasteiger charge is 2.14. The second-order valence-corrected chi connectivity index (χ2v) is 5.07. The molecule has 1 aromatic carbocycles. The van der Waals surface area contributed by atoms with Gasteiger partial charge in [-0.2, -0.15) is 4.68 Å². The van der Waals surface area contributed by atoms with Gasteiger partial charge in [-0.05, 0) is 32.4 Å². The fraction of sp³-hybridized carbons (Fsp3) is 0.188. The molecule has 0 aliphatic carbocycles. The van der Waals surface area contributed by atoms with E-state index in [9.17, 15) is 4.79 Å². The van der Waals surface area contributed by atoms with E-state index in [4.69, 9.17) is 0 Å². The molecule has 0 bridgehead atoms. The summed E-state index contributed by atoms with van der Waals surface area (Å²) in [6.45, 7) is 5.58. The number of rotatable bonds is 2. The van der Waals surface area contributed by atoms with Gasteiger partial charge in [-0.25, -0.2) is 9.97 Å². The van der Waals surface area contributed by atoms with Crippen LogP contribution in [0.1, 0.15) is 17.0 Å². The first kappa shape index (κ1) is 13.3.